The third kappa shape index (κ3) is 7.76. The maximum Gasteiger partial charge on any atom is 0.416 e. The monoisotopic (exact) mass is 599 g/mol. The van der Waals surface area contributed by atoms with Gasteiger partial charge in [0.2, 0.25) is 5.91 Å². The molecule has 2 fully saturated rings. The van der Waals surface area contributed by atoms with E-state index in [1.165, 1.54) is 6.92 Å². The number of ether oxygens (including phenoxy) is 1. The van der Waals surface area contributed by atoms with E-state index in [0.717, 1.165) is 5.56 Å². The zero-order chi connectivity index (χ0) is 30.7. The van der Waals surface area contributed by atoms with Crippen molar-refractivity contribution >= 4 is 11.9 Å². The first-order valence-corrected chi connectivity index (χ1v) is 14.0. The number of halogens is 6. The first-order valence-electron chi connectivity index (χ1n) is 14.0. The quantitative estimate of drug-likeness (QED) is 0.365. The minimum absolute atomic E-state index is 0.000371. The highest BCUT2D eigenvalue weighted by Crippen LogP contribution is 2.40. The largest absolute Gasteiger partial charge is 0.416 e. The van der Waals surface area contributed by atoms with Crippen LogP contribution in [0.3, 0.4) is 0 Å². The molecule has 3 atom stereocenters. The minimum Gasteiger partial charge on any atom is -0.370 e. The van der Waals surface area contributed by atoms with E-state index in [4.69, 9.17) is 4.74 Å². The van der Waals surface area contributed by atoms with Gasteiger partial charge in [0.05, 0.1) is 23.3 Å². The summed E-state index contributed by atoms with van der Waals surface area (Å²) in [5.41, 5.74) is -2.12. The van der Waals surface area contributed by atoms with Crippen LogP contribution in [0.15, 0.2) is 48.5 Å². The lowest BCUT2D eigenvalue weighted by atomic mass is 9.83. The maximum atomic E-state index is 13.5. The van der Waals surface area contributed by atoms with Gasteiger partial charge >= 0.3 is 18.4 Å². The van der Waals surface area contributed by atoms with E-state index in [0.29, 0.717) is 57.3 Å². The second-order valence-electron chi connectivity index (χ2n) is 11.0. The van der Waals surface area contributed by atoms with Crippen LogP contribution in [-0.4, -0.2) is 49.1 Å². The maximum absolute atomic E-state index is 13.5. The van der Waals surface area contributed by atoms with Gasteiger partial charge in [-0.15, -0.1) is 0 Å². The zero-order valence-corrected chi connectivity index (χ0v) is 23.4. The summed E-state index contributed by atoms with van der Waals surface area (Å²) in [6.07, 6.45) is -8.51. The van der Waals surface area contributed by atoms with Crippen molar-refractivity contribution in [3.8, 4) is 0 Å². The van der Waals surface area contributed by atoms with Crippen LogP contribution < -0.4 is 10.6 Å². The number of hydrogen-bond donors (Lipinski definition) is 2. The van der Waals surface area contributed by atoms with Gasteiger partial charge in [-0.05, 0) is 68.4 Å². The molecule has 230 valence electrons. The summed E-state index contributed by atoms with van der Waals surface area (Å²) < 4.78 is 86.8. The summed E-state index contributed by atoms with van der Waals surface area (Å²) in [5.74, 6) is -0.509. The van der Waals surface area contributed by atoms with Crippen LogP contribution in [0.2, 0.25) is 0 Å². The fraction of sp³-hybridized carbons (Fsp3) is 0.533. The van der Waals surface area contributed by atoms with Crippen LogP contribution in [0.5, 0.6) is 0 Å². The van der Waals surface area contributed by atoms with Gasteiger partial charge in [-0.3, -0.25) is 4.79 Å². The summed E-state index contributed by atoms with van der Waals surface area (Å²) in [6.45, 7) is 2.11. The molecule has 0 bridgehead atoms. The lowest BCUT2D eigenvalue weighted by Gasteiger charge is -2.41. The molecule has 42 heavy (non-hydrogen) atoms. The number of urea groups is 1. The van der Waals surface area contributed by atoms with Gasteiger partial charge in [-0.25, -0.2) is 4.79 Å². The number of carbonyl (C=O) groups is 2. The normalized spacial score (nSPS) is 24.1. The van der Waals surface area contributed by atoms with Crippen LogP contribution in [0, 0.1) is 5.92 Å². The molecule has 2 aromatic rings. The molecule has 2 aliphatic rings. The molecule has 0 aromatic heterocycles. The average Bonchev–Trinajstić information content (AvgIpc) is 2.96. The van der Waals surface area contributed by atoms with Crippen LogP contribution in [-0.2, 0) is 21.9 Å². The Hall–Kier alpha value is -3.28. The number of nitrogens with one attached hydrogen (secondary N) is 2. The van der Waals surface area contributed by atoms with Crippen molar-refractivity contribution in [2.45, 2.75) is 75.5 Å². The molecule has 0 unspecified atom stereocenters. The van der Waals surface area contributed by atoms with Gasteiger partial charge in [-0.2, -0.15) is 26.3 Å². The van der Waals surface area contributed by atoms with E-state index in [9.17, 15) is 35.9 Å². The van der Waals surface area contributed by atoms with E-state index in [-0.39, 0.29) is 41.4 Å². The smallest absolute Gasteiger partial charge is 0.370 e. The fourth-order valence-electron chi connectivity index (χ4n) is 5.87. The van der Waals surface area contributed by atoms with Crippen molar-refractivity contribution in [1.29, 1.82) is 0 Å². The molecule has 6 nitrogen and oxygen atoms in total. The predicted octanol–water partition coefficient (Wildman–Crippen LogP) is 6.67. The van der Waals surface area contributed by atoms with Crippen LogP contribution in [0.4, 0.5) is 31.1 Å². The van der Waals surface area contributed by atoms with Crippen LogP contribution >= 0.6 is 0 Å². The van der Waals surface area contributed by atoms with E-state index in [1.54, 1.807) is 11.9 Å². The number of amides is 3. The molecule has 1 heterocycles. The predicted molar refractivity (Wildman–Crippen MR) is 143 cm³/mol. The van der Waals surface area contributed by atoms with Crippen molar-refractivity contribution in [3.05, 3.63) is 70.8 Å². The topological polar surface area (TPSA) is 70.7 Å². The third-order valence-corrected chi connectivity index (χ3v) is 8.19. The summed E-state index contributed by atoms with van der Waals surface area (Å²) >= 11 is 0. The standard InChI is InChI=1S/C30H35F6N3O3/c1-18(21-14-22(29(31,32)33)16-23(15-21)30(34,35)36)42-26-12-13-39(17-25(26)19-6-4-3-5-7-19)27(40)20-8-10-24(11-9-20)38-28(41)37-2/h3-7,14-16,18,20,24-26H,8-13,17H2,1-2H3,(H2,37,38,41)/t18-,20?,24?,25+,26+/m1/s1. The number of carbonyl (C=O) groups excluding carboxylic acids is 2. The summed E-state index contributed by atoms with van der Waals surface area (Å²) in [6, 6.07) is 10.5. The molecule has 2 aromatic carbocycles. The van der Waals surface area contributed by atoms with Crippen LogP contribution in [0.25, 0.3) is 0 Å². The number of benzene rings is 2. The number of nitrogens with zero attached hydrogens (tertiary/aromatic N) is 1. The molecule has 1 saturated carbocycles. The Bertz CT molecular complexity index is 1200. The number of rotatable bonds is 6. The molecule has 0 spiro atoms. The minimum atomic E-state index is -4.95. The van der Waals surface area contributed by atoms with Crippen LogP contribution in [0.1, 0.15) is 73.3 Å². The first-order chi connectivity index (χ1) is 19.8. The SMILES string of the molecule is CNC(=O)NC1CCC(C(=O)N2CC[C@H](O[C@H](C)c3cc(C(F)(F)F)cc(C(F)(F)F)c3)[C@H](c3ccccc3)C2)CC1. The molecular formula is C30H35F6N3O3. The molecule has 12 heteroatoms. The van der Waals surface area contributed by atoms with Gasteiger partial charge < -0.3 is 20.3 Å². The van der Waals surface area contributed by atoms with Gasteiger partial charge in [-0.1, -0.05) is 30.3 Å². The molecule has 4 rings (SSSR count). The third-order valence-electron chi connectivity index (χ3n) is 8.19. The number of hydrogen-bond acceptors (Lipinski definition) is 3. The summed E-state index contributed by atoms with van der Waals surface area (Å²) in [5, 5.41) is 5.41. The Labute approximate surface area is 240 Å². The van der Waals surface area contributed by atoms with E-state index >= 15 is 0 Å². The van der Waals surface area contributed by atoms with Gasteiger partial charge in [0.25, 0.3) is 0 Å². The van der Waals surface area contributed by atoms with E-state index in [2.05, 4.69) is 10.6 Å². The Kier molecular flexibility index (Phi) is 9.74. The van der Waals surface area contributed by atoms with E-state index < -0.39 is 35.7 Å². The van der Waals surface area contributed by atoms with E-state index in [1.807, 2.05) is 30.3 Å². The lowest BCUT2D eigenvalue weighted by Crippen LogP contribution is -2.49. The Morgan fingerprint density at radius 1 is 0.905 bits per heavy atom. The van der Waals surface area contributed by atoms with Crippen molar-refractivity contribution in [1.82, 2.24) is 15.5 Å². The second kappa shape index (κ2) is 12.9. The number of piperidine rings is 1. The van der Waals surface area contributed by atoms with Gasteiger partial charge in [0.15, 0.2) is 0 Å². The van der Waals surface area contributed by atoms with Crippen molar-refractivity contribution in [2.24, 2.45) is 5.92 Å². The number of alkyl halides is 6. The Balaban J connectivity index is 1.50. The second-order valence-corrected chi connectivity index (χ2v) is 11.0. The summed E-state index contributed by atoms with van der Waals surface area (Å²) in [7, 11) is 1.54. The average molecular weight is 600 g/mol. The van der Waals surface area contributed by atoms with Gasteiger partial charge in [0, 0.05) is 38.0 Å². The van der Waals surface area contributed by atoms with Crippen molar-refractivity contribution in [2.75, 3.05) is 20.1 Å². The Morgan fingerprint density at radius 3 is 2.05 bits per heavy atom. The molecule has 1 aliphatic heterocycles. The first kappa shape index (κ1) is 31.7. The lowest BCUT2D eigenvalue weighted by molar-refractivity contribution is -0.143. The van der Waals surface area contributed by atoms with Gasteiger partial charge in [0.1, 0.15) is 0 Å². The fourth-order valence-corrected chi connectivity index (χ4v) is 5.87. The molecule has 2 N–H and O–H groups in total. The molecular weight excluding hydrogens is 564 g/mol. The summed E-state index contributed by atoms with van der Waals surface area (Å²) in [4.78, 5) is 26.9. The molecule has 3 amide bonds. The molecule has 1 aliphatic carbocycles. The highest BCUT2D eigenvalue weighted by Gasteiger charge is 2.40. The zero-order valence-electron chi connectivity index (χ0n) is 23.4. The highest BCUT2D eigenvalue weighted by molar-refractivity contribution is 5.79. The molecule has 0 radical (unpaired) electrons. The van der Waals surface area contributed by atoms with Crippen molar-refractivity contribution in [3.63, 3.8) is 0 Å². The van der Waals surface area contributed by atoms with Crippen molar-refractivity contribution < 1.29 is 40.7 Å². The molecule has 1 saturated heterocycles. The highest BCUT2D eigenvalue weighted by atomic mass is 19.4. The number of likely N-dealkylation sites (tertiary alicyclic amines) is 1. The Morgan fingerprint density at radius 2 is 1.50 bits per heavy atom.